The Morgan fingerprint density at radius 2 is 2.00 bits per heavy atom. The van der Waals surface area contributed by atoms with E-state index in [2.05, 4.69) is 31.9 Å². The highest BCUT2D eigenvalue weighted by molar-refractivity contribution is 7.99. The molecule has 0 N–H and O–H groups in total. The fourth-order valence-corrected chi connectivity index (χ4v) is 3.89. The van der Waals surface area contributed by atoms with Gasteiger partial charge in [-0.25, -0.2) is 4.98 Å². The van der Waals surface area contributed by atoms with E-state index in [1.165, 1.54) is 9.79 Å². The number of aromatic nitrogens is 2. The summed E-state index contributed by atoms with van der Waals surface area (Å²) in [6.07, 6.45) is 5.66. The Bertz CT molecular complexity index is 615. The maximum absolute atomic E-state index is 5.42. The molecule has 2 aromatic heterocycles. The minimum Gasteiger partial charge on any atom is -0.379 e. The molecule has 0 aromatic carbocycles. The number of morpholine rings is 1. The maximum atomic E-state index is 5.42. The van der Waals surface area contributed by atoms with Gasteiger partial charge >= 0.3 is 0 Å². The molecule has 0 aliphatic carbocycles. The highest BCUT2D eigenvalue weighted by Crippen LogP contribution is 2.46. The standard InChI is InChI=1S/C16H18N4OS/c1-2-15-16(18-4-1)20(7-6-19-8-10-21-11-9-19)13-12-17-5-3-14(13)22-15/h1-5,12H,6-11H2. The fourth-order valence-electron chi connectivity index (χ4n) is 2.85. The smallest absolute Gasteiger partial charge is 0.147 e. The largest absolute Gasteiger partial charge is 0.379 e. The molecule has 4 rings (SSSR count). The molecule has 0 radical (unpaired) electrons. The molecular weight excluding hydrogens is 296 g/mol. The third kappa shape index (κ3) is 2.69. The van der Waals surface area contributed by atoms with Gasteiger partial charge in [-0.05, 0) is 18.2 Å². The van der Waals surface area contributed by atoms with E-state index in [0.717, 1.165) is 50.9 Å². The lowest BCUT2D eigenvalue weighted by molar-refractivity contribution is 0.0394. The van der Waals surface area contributed by atoms with Crippen molar-refractivity contribution in [2.75, 3.05) is 44.3 Å². The van der Waals surface area contributed by atoms with Crippen LogP contribution in [0.1, 0.15) is 0 Å². The first-order valence-electron chi connectivity index (χ1n) is 7.56. The van der Waals surface area contributed by atoms with Gasteiger partial charge < -0.3 is 9.64 Å². The second-order valence-electron chi connectivity index (χ2n) is 5.38. The van der Waals surface area contributed by atoms with Crippen molar-refractivity contribution >= 4 is 23.3 Å². The molecule has 5 nitrogen and oxygen atoms in total. The van der Waals surface area contributed by atoms with Gasteiger partial charge in [-0.3, -0.25) is 9.88 Å². The number of ether oxygens (including phenoxy) is 1. The third-order valence-electron chi connectivity index (χ3n) is 4.02. The SMILES string of the molecule is c1cnc2c(c1)Sc1ccncc1N2CCN1CCOCC1. The van der Waals surface area contributed by atoms with Crippen LogP contribution in [-0.4, -0.2) is 54.3 Å². The number of anilines is 2. The van der Waals surface area contributed by atoms with Gasteiger partial charge in [0.25, 0.3) is 0 Å². The molecule has 0 saturated carbocycles. The monoisotopic (exact) mass is 314 g/mol. The zero-order valence-corrected chi connectivity index (χ0v) is 13.1. The Morgan fingerprint density at radius 3 is 2.91 bits per heavy atom. The summed E-state index contributed by atoms with van der Waals surface area (Å²) in [6.45, 7) is 5.63. The molecule has 114 valence electrons. The summed E-state index contributed by atoms with van der Waals surface area (Å²) in [7, 11) is 0. The first-order valence-corrected chi connectivity index (χ1v) is 8.38. The van der Waals surface area contributed by atoms with Gasteiger partial charge in [0.1, 0.15) is 5.82 Å². The van der Waals surface area contributed by atoms with Crippen LogP contribution in [0.2, 0.25) is 0 Å². The maximum Gasteiger partial charge on any atom is 0.147 e. The van der Waals surface area contributed by atoms with Gasteiger partial charge in [-0.1, -0.05) is 11.8 Å². The van der Waals surface area contributed by atoms with E-state index in [4.69, 9.17) is 4.74 Å². The Morgan fingerprint density at radius 1 is 1.09 bits per heavy atom. The lowest BCUT2D eigenvalue weighted by Gasteiger charge is -2.34. The molecule has 6 heteroatoms. The molecule has 0 unspecified atom stereocenters. The molecule has 0 amide bonds. The van der Waals surface area contributed by atoms with Crippen LogP contribution in [0.3, 0.4) is 0 Å². The lowest BCUT2D eigenvalue weighted by atomic mass is 10.3. The predicted molar refractivity (Wildman–Crippen MR) is 86.9 cm³/mol. The number of pyridine rings is 2. The summed E-state index contributed by atoms with van der Waals surface area (Å²) in [5.74, 6) is 1.04. The van der Waals surface area contributed by atoms with Gasteiger partial charge in [-0.15, -0.1) is 0 Å². The van der Waals surface area contributed by atoms with E-state index >= 15 is 0 Å². The molecule has 4 heterocycles. The highest BCUT2D eigenvalue weighted by Gasteiger charge is 2.25. The van der Waals surface area contributed by atoms with Gasteiger partial charge in [0.05, 0.1) is 30.0 Å². The number of hydrogen-bond donors (Lipinski definition) is 0. The van der Waals surface area contributed by atoms with E-state index in [1.807, 2.05) is 24.7 Å². The summed E-state index contributed by atoms with van der Waals surface area (Å²) in [4.78, 5) is 16.1. The third-order valence-corrected chi connectivity index (χ3v) is 5.13. The first kappa shape index (κ1) is 14.0. The summed E-state index contributed by atoms with van der Waals surface area (Å²) in [5.41, 5.74) is 1.16. The average Bonchev–Trinajstić information content (AvgIpc) is 2.59. The van der Waals surface area contributed by atoms with Crippen LogP contribution in [0.25, 0.3) is 0 Å². The number of rotatable bonds is 3. The van der Waals surface area contributed by atoms with Crippen LogP contribution >= 0.6 is 11.8 Å². The number of fused-ring (bicyclic) bond motifs is 2. The minimum absolute atomic E-state index is 0.836. The van der Waals surface area contributed by atoms with Crippen molar-refractivity contribution in [3.05, 3.63) is 36.8 Å². The average molecular weight is 314 g/mol. The quantitative estimate of drug-likeness (QED) is 0.866. The number of nitrogens with zero attached hydrogens (tertiary/aromatic N) is 4. The van der Waals surface area contributed by atoms with Crippen molar-refractivity contribution in [1.82, 2.24) is 14.9 Å². The van der Waals surface area contributed by atoms with E-state index in [0.29, 0.717) is 0 Å². The fraction of sp³-hybridized carbons (Fsp3) is 0.375. The summed E-state index contributed by atoms with van der Waals surface area (Å²) in [5, 5.41) is 0. The van der Waals surface area contributed by atoms with Crippen molar-refractivity contribution in [1.29, 1.82) is 0 Å². The highest BCUT2D eigenvalue weighted by atomic mass is 32.2. The molecular formula is C16H18N4OS. The normalized spacial score (nSPS) is 17.9. The molecule has 2 aromatic rings. The topological polar surface area (TPSA) is 41.5 Å². The molecule has 0 atom stereocenters. The molecule has 1 fully saturated rings. The predicted octanol–water partition coefficient (Wildman–Crippen LogP) is 2.41. The van der Waals surface area contributed by atoms with Crippen molar-refractivity contribution in [3.63, 3.8) is 0 Å². The summed E-state index contributed by atoms with van der Waals surface area (Å²) < 4.78 is 5.42. The molecule has 2 aliphatic rings. The molecule has 1 saturated heterocycles. The van der Waals surface area contributed by atoms with Crippen molar-refractivity contribution in [2.24, 2.45) is 0 Å². The Kier molecular flexibility index (Phi) is 3.97. The van der Waals surface area contributed by atoms with Crippen LogP contribution in [0.5, 0.6) is 0 Å². The van der Waals surface area contributed by atoms with Crippen LogP contribution in [0.15, 0.2) is 46.6 Å². The van der Waals surface area contributed by atoms with Crippen LogP contribution in [0, 0.1) is 0 Å². The van der Waals surface area contributed by atoms with Gasteiger partial charge in [0, 0.05) is 43.5 Å². The first-order chi connectivity index (χ1) is 10.9. The second-order valence-corrected chi connectivity index (χ2v) is 6.46. The summed E-state index contributed by atoms with van der Waals surface area (Å²) in [6, 6.07) is 6.22. The van der Waals surface area contributed by atoms with Gasteiger partial charge in [0.2, 0.25) is 0 Å². The molecule has 22 heavy (non-hydrogen) atoms. The second kappa shape index (κ2) is 6.24. The van der Waals surface area contributed by atoms with E-state index in [1.54, 1.807) is 11.8 Å². The van der Waals surface area contributed by atoms with E-state index in [9.17, 15) is 0 Å². The van der Waals surface area contributed by atoms with Gasteiger partial charge in [0.15, 0.2) is 0 Å². The van der Waals surface area contributed by atoms with Crippen molar-refractivity contribution < 1.29 is 4.74 Å². The molecule has 2 aliphatic heterocycles. The van der Waals surface area contributed by atoms with Crippen molar-refractivity contribution in [3.8, 4) is 0 Å². The minimum atomic E-state index is 0.836. The summed E-state index contributed by atoms with van der Waals surface area (Å²) >= 11 is 1.77. The Balaban J connectivity index is 1.60. The van der Waals surface area contributed by atoms with Crippen LogP contribution in [0.4, 0.5) is 11.5 Å². The van der Waals surface area contributed by atoms with E-state index in [-0.39, 0.29) is 0 Å². The van der Waals surface area contributed by atoms with Gasteiger partial charge in [-0.2, -0.15) is 0 Å². The Labute approximate surface area is 134 Å². The van der Waals surface area contributed by atoms with E-state index < -0.39 is 0 Å². The number of hydrogen-bond acceptors (Lipinski definition) is 6. The zero-order chi connectivity index (χ0) is 14.8. The van der Waals surface area contributed by atoms with Crippen LogP contribution in [-0.2, 0) is 4.74 Å². The van der Waals surface area contributed by atoms with Crippen molar-refractivity contribution in [2.45, 2.75) is 9.79 Å². The molecule has 0 bridgehead atoms. The van der Waals surface area contributed by atoms with Crippen LogP contribution < -0.4 is 4.90 Å². The molecule has 0 spiro atoms. The zero-order valence-electron chi connectivity index (χ0n) is 12.3. The lowest BCUT2D eigenvalue weighted by Crippen LogP contribution is -2.41. The Hall–Kier alpha value is -1.63.